The summed E-state index contributed by atoms with van der Waals surface area (Å²) >= 11 is 0. The highest BCUT2D eigenvalue weighted by Crippen LogP contribution is 2.27. The Morgan fingerprint density at radius 1 is 1.20 bits per heavy atom. The summed E-state index contributed by atoms with van der Waals surface area (Å²) in [4.78, 5) is 0. The van der Waals surface area contributed by atoms with E-state index in [9.17, 15) is 20.4 Å². The quantitative estimate of drug-likeness (QED) is 0.0649. The lowest BCUT2D eigenvalue weighted by Gasteiger charge is -2.45. The van der Waals surface area contributed by atoms with Crippen molar-refractivity contribution in [2.45, 2.75) is 99.9 Å². The van der Waals surface area contributed by atoms with Gasteiger partial charge in [0.15, 0.2) is 12.6 Å². The van der Waals surface area contributed by atoms with Crippen LogP contribution in [0, 0.1) is 10.8 Å². The van der Waals surface area contributed by atoms with E-state index in [0.29, 0.717) is 19.4 Å². The molecule has 6 unspecified atom stereocenters. The minimum Gasteiger partial charge on any atom is -0.388 e. The lowest BCUT2D eigenvalue weighted by atomic mass is 9.90. The summed E-state index contributed by atoms with van der Waals surface area (Å²) in [6, 6.07) is -1.99. The Hall–Kier alpha value is -1.54. The number of aliphatic hydroxyl groups is 4. The van der Waals surface area contributed by atoms with Crippen molar-refractivity contribution in [3.63, 3.8) is 0 Å². The van der Waals surface area contributed by atoms with Crippen LogP contribution in [0.4, 0.5) is 0 Å². The highest BCUT2D eigenvalue weighted by atomic mass is 16.7. The number of nitrogens with one attached hydrogen (secondary N) is 5. The molecule has 0 aliphatic carbocycles. The zero-order valence-corrected chi connectivity index (χ0v) is 23.6. The first kappa shape index (κ1) is 34.7. The molecule has 0 spiro atoms. The van der Waals surface area contributed by atoms with E-state index in [1.54, 1.807) is 14.0 Å². The number of aliphatic hydroxyl groups excluding tert-OH is 3. The van der Waals surface area contributed by atoms with E-state index in [2.05, 4.69) is 16.0 Å². The van der Waals surface area contributed by atoms with Crippen LogP contribution < -0.4 is 33.2 Å². The summed E-state index contributed by atoms with van der Waals surface area (Å²) in [6.45, 7) is 3.35. The van der Waals surface area contributed by atoms with Crippen molar-refractivity contribution < 1.29 is 39.4 Å². The van der Waals surface area contributed by atoms with Crippen LogP contribution in [0.25, 0.3) is 0 Å². The van der Waals surface area contributed by atoms with Gasteiger partial charge in [-0.25, -0.2) is 0 Å². The molecule has 2 heterocycles. The van der Waals surface area contributed by atoms with Crippen LogP contribution in [-0.4, -0.2) is 139 Å². The van der Waals surface area contributed by atoms with Gasteiger partial charge in [-0.3, -0.25) is 10.8 Å². The van der Waals surface area contributed by atoms with Crippen molar-refractivity contribution in [3.8, 4) is 0 Å². The number of nitrogens with two attached hydrogens (primary N) is 3. The maximum Gasteiger partial charge on any atom is 0.185 e. The molecule has 2 aliphatic heterocycles. The molecule has 0 amide bonds. The fourth-order valence-corrected chi connectivity index (χ4v) is 4.77. The van der Waals surface area contributed by atoms with E-state index in [1.807, 2.05) is 0 Å². The van der Waals surface area contributed by atoms with Crippen LogP contribution in [0.5, 0.6) is 0 Å². The minimum absolute atomic E-state index is 0.0820. The molecule has 234 valence electrons. The second kappa shape index (κ2) is 16.2. The Bertz CT molecular complexity index is 796. The molecule has 0 bridgehead atoms. The maximum atomic E-state index is 11.2. The molecule has 0 radical (unpaired) electrons. The number of hydrogen-bond acceptors (Lipinski definition) is 14. The number of amidine groups is 2. The first-order chi connectivity index (χ1) is 18.8. The molecule has 2 rings (SSSR count). The molecular formula is C24H50N8O8. The van der Waals surface area contributed by atoms with Crippen LogP contribution in [0.3, 0.4) is 0 Å². The number of hydrogen-bond donors (Lipinski definition) is 12. The van der Waals surface area contributed by atoms with Gasteiger partial charge >= 0.3 is 0 Å². The Labute approximate surface area is 235 Å². The van der Waals surface area contributed by atoms with Gasteiger partial charge in [-0.2, -0.15) is 0 Å². The first-order valence-electron chi connectivity index (χ1n) is 13.6. The van der Waals surface area contributed by atoms with Crippen molar-refractivity contribution in [1.29, 1.82) is 10.8 Å². The monoisotopic (exact) mass is 578 g/mol. The summed E-state index contributed by atoms with van der Waals surface area (Å²) in [5.41, 5.74) is 15.8. The summed E-state index contributed by atoms with van der Waals surface area (Å²) in [5.74, 6) is -0.0269. The lowest BCUT2D eigenvalue weighted by molar-refractivity contribution is -0.294. The third-order valence-corrected chi connectivity index (χ3v) is 7.14. The van der Waals surface area contributed by atoms with Crippen LogP contribution in [0.1, 0.15) is 33.1 Å². The summed E-state index contributed by atoms with van der Waals surface area (Å²) in [7, 11) is 1.59. The van der Waals surface area contributed by atoms with E-state index >= 15 is 0 Å². The van der Waals surface area contributed by atoms with Gasteiger partial charge in [0.25, 0.3) is 0 Å². The average Bonchev–Trinajstić information content (AvgIpc) is 2.91. The first-order valence-corrected chi connectivity index (χ1v) is 13.6. The van der Waals surface area contributed by atoms with Gasteiger partial charge in [-0.05, 0) is 46.7 Å². The zero-order chi connectivity index (χ0) is 30.0. The molecule has 40 heavy (non-hydrogen) atoms. The zero-order valence-electron chi connectivity index (χ0n) is 23.6. The van der Waals surface area contributed by atoms with Crippen molar-refractivity contribution in [1.82, 2.24) is 16.0 Å². The SMILES string of the molecule is CN[C@@H]1C(O)[C@@H](OC(C(O)CO[C@H]2O[C@H](CNC(=N)CN)CCC2N)[C@@H](C)NC(=N)C(O)CCN)OCC1(C)O. The third-order valence-electron chi connectivity index (χ3n) is 7.14. The Morgan fingerprint density at radius 3 is 2.52 bits per heavy atom. The summed E-state index contributed by atoms with van der Waals surface area (Å²) < 4.78 is 23.4. The van der Waals surface area contributed by atoms with Crippen molar-refractivity contribution in [2.24, 2.45) is 17.2 Å². The van der Waals surface area contributed by atoms with E-state index in [-0.39, 0.29) is 50.5 Å². The minimum atomic E-state index is -1.37. The molecule has 2 aliphatic rings. The number of rotatable bonds is 15. The van der Waals surface area contributed by atoms with Crippen LogP contribution in [0.15, 0.2) is 0 Å². The Balaban J connectivity index is 2.11. The largest absolute Gasteiger partial charge is 0.388 e. The molecule has 0 aromatic carbocycles. The van der Waals surface area contributed by atoms with E-state index < -0.39 is 60.7 Å². The Kier molecular flexibility index (Phi) is 14.0. The summed E-state index contributed by atoms with van der Waals surface area (Å²) in [5, 5.41) is 67.1. The van der Waals surface area contributed by atoms with Gasteiger partial charge in [-0.1, -0.05) is 0 Å². The van der Waals surface area contributed by atoms with Gasteiger partial charge in [0, 0.05) is 6.54 Å². The molecule has 11 atom stereocenters. The Morgan fingerprint density at radius 2 is 1.90 bits per heavy atom. The van der Waals surface area contributed by atoms with E-state index in [1.165, 1.54) is 6.92 Å². The molecule has 16 heteroatoms. The number of ether oxygens (including phenoxy) is 4. The predicted octanol–water partition coefficient (Wildman–Crippen LogP) is -4.17. The summed E-state index contributed by atoms with van der Waals surface area (Å²) in [6.07, 6.45) is -5.77. The molecule has 2 fully saturated rings. The molecule has 0 aromatic heterocycles. The topological polar surface area (TPSA) is 280 Å². The highest BCUT2D eigenvalue weighted by molar-refractivity contribution is 5.83. The van der Waals surface area contributed by atoms with E-state index in [4.69, 9.17) is 47.0 Å². The van der Waals surface area contributed by atoms with Gasteiger partial charge in [0.1, 0.15) is 41.7 Å². The fourth-order valence-electron chi connectivity index (χ4n) is 4.77. The average molecular weight is 579 g/mol. The molecular weight excluding hydrogens is 528 g/mol. The highest BCUT2D eigenvalue weighted by Gasteiger charge is 2.47. The fraction of sp³-hybridized carbons (Fsp3) is 0.917. The van der Waals surface area contributed by atoms with E-state index in [0.717, 1.165) is 0 Å². The second-order valence-corrected chi connectivity index (χ2v) is 10.7. The lowest BCUT2D eigenvalue weighted by Crippen LogP contribution is -2.66. The smallest absolute Gasteiger partial charge is 0.185 e. The number of likely N-dealkylation sites (N-methyl/N-ethyl adjacent to an activating group) is 1. The molecule has 0 saturated carbocycles. The maximum absolute atomic E-state index is 11.2. The molecule has 15 N–H and O–H groups in total. The predicted molar refractivity (Wildman–Crippen MR) is 147 cm³/mol. The van der Waals surface area contributed by atoms with Crippen LogP contribution in [-0.2, 0) is 18.9 Å². The van der Waals surface area contributed by atoms with Gasteiger partial charge in [0.2, 0.25) is 0 Å². The molecule has 2 saturated heterocycles. The van der Waals surface area contributed by atoms with Gasteiger partial charge in [0.05, 0.1) is 44.0 Å². The van der Waals surface area contributed by atoms with Crippen LogP contribution in [0.2, 0.25) is 0 Å². The normalized spacial score (nSPS) is 34.0. The van der Waals surface area contributed by atoms with Gasteiger partial charge < -0.3 is 72.5 Å². The standard InChI is InChI=1S/C24H50N8O8/c1-12(32-21(29)15(33)6-7-25)19(40-23-18(35)20(30-3)24(2,36)11-38-23)16(34)10-37-22-14(27)5-4-13(39-22)9-31-17(28)8-26/h12-16,18-20,22-23,30,33-36H,4-11,25-27H2,1-3H3,(H2,28,31)(H2,29,32)/t12-,13+,14?,15?,16?,18?,19?,20-,22+,23-,24?/m1/s1. The molecule has 0 aromatic rings. The third kappa shape index (κ3) is 9.78. The molecule has 16 nitrogen and oxygen atoms in total. The van der Waals surface area contributed by atoms with Crippen molar-refractivity contribution >= 4 is 11.7 Å². The van der Waals surface area contributed by atoms with Crippen molar-refractivity contribution in [2.75, 3.05) is 39.9 Å². The van der Waals surface area contributed by atoms with Crippen molar-refractivity contribution in [3.05, 3.63) is 0 Å². The van der Waals surface area contributed by atoms with Crippen LogP contribution >= 0.6 is 0 Å². The van der Waals surface area contributed by atoms with Gasteiger partial charge in [-0.15, -0.1) is 0 Å². The second-order valence-electron chi connectivity index (χ2n) is 10.7.